The van der Waals surface area contributed by atoms with Crippen LogP contribution in [0.5, 0.6) is 0 Å². The van der Waals surface area contributed by atoms with Crippen LogP contribution in [0.15, 0.2) is 24.3 Å². The van der Waals surface area contributed by atoms with Crippen molar-refractivity contribution in [3.05, 3.63) is 29.8 Å². The van der Waals surface area contributed by atoms with E-state index in [1.54, 1.807) is 0 Å². The first-order chi connectivity index (χ1) is 8.04. The number of anilines is 1. The third kappa shape index (κ3) is 4.08. The average molecular weight is 231 g/mol. The zero-order valence-corrected chi connectivity index (χ0v) is 11.1. The largest absolute Gasteiger partial charge is 0.372 e. The summed E-state index contributed by atoms with van der Waals surface area (Å²) < 4.78 is 0. The lowest BCUT2D eigenvalue weighted by Gasteiger charge is -2.25. The van der Waals surface area contributed by atoms with E-state index in [1.807, 2.05) is 19.2 Å². The number of benzene rings is 1. The van der Waals surface area contributed by atoms with Crippen LogP contribution in [-0.4, -0.2) is 25.7 Å². The zero-order chi connectivity index (χ0) is 12.8. The summed E-state index contributed by atoms with van der Waals surface area (Å²) in [5.74, 6) is 0. The third-order valence-corrected chi connectivity index (χ3v) is 2.67. The first-order valence-corrected chi connectivity index (χ1v) is 5.97. The van der Waals surface area contributed by atoms with Crippen LogP contribution in [-0.2, 0) is 0 Å². The molecule has 0 saturated heterocycles. The lowest BCUT2D eigenvalue weighted by molar-refractivity contribution is 0.528. The molecule has 0 aliphatic rings. The van der Waals surface area contributed by atoms with Gasteiger partial charge in [-0.3, -0.25) is 5.32 Å². The molecule has 1 aromatic carbocycles. The van der Waals surface area contributed by atoms with Crippen molar-refractivity contribution in [2.24, 2.45) is 0 Å². The number of likely N-dealkylation sites (N-methyl/N-ethyl adjacent to an activating group) is 1. The molecule has 0 heterocycles. The van der Waals surface area contributed by atoms with E-state index in [9.17, 15) is 0 Å². The molecule has 0 aliphatic carbocycles. The van der Waals surface area contributed by atoms with Crippen molar-refractivity contribution in [2.45, 2.75) is 32.9 Å². The number of hydrogen-bond donors (Lipinski definition) is 1. The Morgan fingerprint density at radius 3 is 2.53 bits per heavy atom. The van der Waals surface area contributed by atoms with Gasteiger partial charge in [0.15, 0.2) is 0 Å². The molecule has 3 heteroatoms. The van der Waals surface area contributed by atoms with Gasteiger partial charge in [0.2, 0.25) is 0 Å². The maximum Gasteiger partial charge on any atom is 0.113 e. The van der Waals surface area contributed by atoms with E-state index >= 15 is 0 Å². The van der Waals surface area contributed by atoms with E-state index in [1.165, 1.54) is 11.3 Å². The van der Waals surface area contributed by atoms with Crippen LogP contribution in [0.25, 0.3) is 0 Å². The fourth-order valence-electron chi connectivity index (χ4n) is 1.90. The van der Waals surface area contributed by atoms with Crippen LogP contribution in [0.3, 0.4) is 0 Å². The Kier molecular flexibility index (Phi) is 4.99. The van der Waals surface area contributed by atoms with E-state index in [0.29, 0.717) is 12.6 Å². The molecule has 17 heavy (non-hydrogen) atoms. The topological polar surface area (TPSA) is 39.1 Å². The number of nitrogens with zero attached hydrogens (tertiary/aromatic N) is 2. The van der Waals surface area contributed by atoms with Crippen LogP contribution in [0, 0.1) is 18.3 Å². The summed E-state index contributed by atoms with van der Waals surface area (Å²) >= 11 is 0. The second-order valence-electron chi connectivity index (χ2n) is 4.67. The molecular formula is C14H21N3. The SMILES string of the molecule is Cc1ccccc1N(C)CC(C#N)NC(C)C. The highest BCUT2D eigenvalue weighted by Gasteiger charge is 2.12. The van der Waals surface area contributed by atoms with Gasteiger partial charge in [0, 0.05) is 25.3 Å². The molecule has 0 bridgehead atoms. The Labute approximate surface area is 104 Å². The second-order valence-corrected chi connectivity index (χ2v) is 4.67. The highest BCUT2D eigenvalue weighted by molar-refractivity contribution is 5.52. The van der Waals surface area contributed by atoms with Crippen molar-refractivity contribution in [3.8, 4) is 6.07 Å². The minimum Gasteiger partial charge on any atom is -0.372 e. The van der Waals surface area contributed by atoms with E-state index < -0.39 is 0 Å². The molecule has 3 nitrogen and oxygen atoms in total. The highest BCUT2D eigenvalue weighted by atomic mass is 15.1. The molecule has 0 spiro atoms. The first-order valence-electron chi connectivity index (χ1n) is 5.97. The van der Waals surface area contributed by atoms with E-state index in [0.717, 1.165) is 0 Å². The minimum atomic E-state index is -0.139. The minimum absolute atomic E-state index is 0.139. The van der Waals surface area contributed by atoms with Gasteiger partial charge in [-0.2, -0.15) is 5.26 Å². The van der Waals surface area contributed by atoms with Crippen LogP contribution in [0.1, 0.15) is 19.4 Å². The summed E-state index contributed by atoms with van der Waals surface area (Å²) in [5, 5.41) is 12.3. The molecule has 0 aromatic heterocycles. The molecule has 0 radical (unpaired) electrons. The molecule has 92 valence electrons. The van der Waals surface area contributed by atoms with Crippen LogP contribution in [0.2, 0.25) is 0 Å². The number of rotatable bonds is 5. The quantitative estimate of drug-likeness (QED) is 0.845. The average Bonchev–Trinajstić information content (AvgIpc) is 2.27. The fraction of sp³-hybridized carbons (Fsp3) is 0.500. The van der Waals surface area contributed by atoms with Crippen LogP contribution < -0.4 is 10.2 Å². The fourth-order valence-corrected chi connectivity index (χ4v) is 1.90. The summed E-state index contributed by atoms with van der Waals surface area (Å²) in [6.07, 6.45) is 0. The van der Waals surface area contributed by atoms with E-state index in [4.69, 9.17) is 5.26 Å². The molecule has 1 aromatic rings. The van der Waals surface area contributed by atoms with Crippen molar-refractivity contribution in [1.29, 1.82) is 5.26 Å². The predicted octanol–water partition coefficient (Wildman–Crippen LogP) is 2.32. The first kappa shape index (κ1) is 13.5. The second kappa shape index (κ2) is 6.27. The highest BCUT2D eigenvalue weighted by Crippen LogP contribution is 2.17. The van der Waals surface area contributed by atoms with Crippen molar-refractivity contribution < 1.29 is 0 Å². The standard InChI is InChI=1S/C14H21N3/c1-11(2)16-13(9-15)10-17(4)14-8-6-5-7-12(14)3/h5-8,11,13,16H,10H2,1-4H3. The van der Waals surface area contributed by atoms with Gasteiger partial charge in [0.1, 0.15) is 6.04 Å². The molecule has 0 fully saturated rings. The zero-order valence-electron chi connectivity index (χ0n) is 11.1. The Morgan fingerprint density at radius 1 is 1.35 bits per heavy atom. The Bertz CT molecular complexity index is 393. The van der Waals surface area contributed by atoms with Gasteiger partial charge in [-0.15, -0.1) is 0 Å². The summed E-state index contributed by atoms with van der Waals surface area (Å²) in [6.45, 7) is 6.89. The number of aryl methyl sites for hydroxylation is 1. The summed E-state index contributed by atoms with van der Waals surface area (Å²) in [5.41, 5.74) is 2.41. The van der Waals surface area contributed by atoms with Crippen LogP contribution in [0.4, 0.5) is 5.69 Å². The number of hydrogen-bond acceptors (Lipinski definition) is 3. The summed E-state index contributed by atoms with van der Waals surface area (Å²) in [4.78, 5) is 2.12. The van der Waals surface area contributed by atoms with Gasteiger partial charge in [0.25, 0.3) is 0 Å². The smallest absolute Gasteiger partial charge is 0.113 e. The molecule has 0 amide bonds. The predicted molar refractivity (Wildman–Crippen MR) is 72.1 cm³/mol. The molecule has 0 saturated carbocycles. The molecule has 0 aliphatic heterocycles. The van der Waals surface area contributed by atoms with Gasteiger partial charge < -0.3 is 4.90 Å². The van der Waals surface area contributed by atoms with E-state index in [2.05, 4.69) is 49.2 Å². The van der Waals surface area contributed by atoms with Gasteiger partial charge in [-0.25, -0.2) is 0 Å². The molecule has 1 rings (SSSR count). The number of nitriles is 1. The molecular weight excluding hydrogens is 210 g/mol. The molecule has 1 unspecified atom stereocenters. The van der Waals surface area contributed by atoms with Gasteiger partial charge in [-0.05, 0) is 32.4 Å². The Morgan fingerprint density at radius 2 is 2.00 bits per heavy atom. The Hall–Kier alpha value is -1.53. The number of para-hydroxylation sites is 1. The van der Waals surface area contributed by atoms with Crippen molar-refractivity contribution in [3.63, 3.8) is 0 Å². The summed E-state index contributed by atoms with van der Waals surface area (Å²) in [6, 6.07) is 10.7. The summed E-state index contributed by atoms with van der Waals surface area (Å²) in [7, 11) is 2.02. The van der Waals surface area contributed by atoms with Crippen molar-refractivity contribution >= 4 is 5.69 Å². The van der Waals surface area contributed by atoms with Crippen molar-refractivity contribution in [2.75, 3.05) is 18.5 Å². The maximum atomic E-state index is 9.10. The monoisotopic (exact) mass is 231 g/mol. The lowest BCUT2D eigenvalue weighted by atomic mass is 10.1. The van der Waals surface area contributed by atoms with E-state index in [-0.39, 0.29) is 6.04 Å². The van der Waals surface area contributed by atoms with Gasteiger partial charge in [0.05, 0.1) is 6.07 Å². The van der Waals surface area contributed by atoms with Gasteiger partial charge >= 0.3 is 0 Å². The third-order valence-electron chi connectivity index (χ3n) is 2.67. The van der Waals surface area contributed by atoms with Gasteiger partial charge in [-0.1, -0.05) is 18.2 Å². The van der Waals surface area contributed by atoms with Crippen LogP contribution >= 0.6 is 0 Å². The normalized spacial score (nSPS) is 12.2. The lowest BCUT2D eigenvalue weighted by Crippen LogP contribution is -2.42. The Balaban J connectivity index is 2.68. The maximum absolute atomic E-state index is 9.10. The molecule has 1 atom stereocenters. The molecule has 1 N–H and O–H groups in total. The number of nitrogens with one attached hydrogen (secondary N) is 1. The van der Waals surface area contributed by atoms with Crippen molar-refractivity contribution in [1.82, 2.24) is 5.32 Å².